The highest BCUT2D eigenvalue weighted by Gasteiger charge is 2.34. The van der Waals surface area contributed by atoms with Gasteiger partial charge in [0, 0.05) is 44.9 Å². The molecule has 2 aliphatic heterocycles. The monoisotopic (exact) mass is 424 g/mol. The molecule has 166 valence electrons. The van der Waals surface area contributed by atoms with E-state index < -0.39 is 0 Å². The van der Waals surface area contributed by atoms with Crippen molar-refractivity contribution in [2.24, 2.45) is 4.99 Å². The third kappa shape index (κ3) is 5.48. The fourth-order valence-corrected chi connectivity index (χ4v) is 4.13. The van der Waals surface area contributed by atoms with Gasteiger partial charge in [0.15, 0.2) is 17.5 Å². The molecule has 0 aromatic heterocycles. The number of guanidine groups is 1. The Kier molecular flexibility index (Phi) is 6.94. The van der Waals surface area contributed by atoms with E-state index in [1.807, 2.05) is 18.2 Å². The van der Waals surface area contributed by atoms with E-state index in [1.165, 1.54) is 5.56 Å². The van der Waals surface area contributed by atoms with Crippen LogP contribution in [0.15, 0.2) is 53.5 Å². The first-order valence-electron chi connectivity index (χ1n) is 10.9. The molecule has 1 fully saturated rings. The zero-order chi connectivity index (χ0) is 21.5. The molecule has 1 saturated heterocycles. The summed E-state index contributed by atoms with van der Waals surface area (Å²) in [5, 5.41) is 10.8. The number of nitrogens with one attached hydrogen (secondary N) is 3. The van der Waals surface area contributed by atoms with Crippen LogP contribution in [0.5, 0.6) is 11.5 Å². The zero-order valence-electron chi connectivity index (χ0n) is 18.3. The summed E-state index contributed by atoms with van der Waals surface area (Å²) in [6.45, 7) is 5.46. The molecule has 4 rings (SSSR count). The third-order valence-corrected chi connectivity index (χ3v) is 5.99. The molecular weight excluding hydrogens is 392 g/mol. The first kappa shape index (κ1) is 21.5. The molecule has 7 nitrogen and oxygen atoms in total. The number of nitrogens with zero attached hydrogens (tertiary/aromatic N) is 1. The molecule has 0 saturated carbocycles. The van der Waals surface area contributed by atoms with E-state index in [1.54, 1.807) is 7.05 Å². The van der Waals surface area contributed by atoms with Gasteiger partial charge in [-0.3, -0.25) is 4.99 Å². The smallest absolute Gasteiger partial charge is 0.231 e. The molecule has 2 aromatic carbocycles. The maximum absolute atomic E-state index is 5.65. The molecule has 2 aromatic rings. The topological polar surface area (TPSA) is 76.1 Å². The Balaban J connectivity index is 1.35. The van der Waals surface area contributed by atoms with Crippen molar-refractivity contribution in [1.82, 2.24) is 16.0 Å². The molecule has 0 radical (unpaired) electrons. The summed E-state index contributed by atoms with van der Waals surface area (Å²) in [5.41, 5.74) is 2.35. The van der Waals surface area contributed by atoms with Crippen molar-refractivity contribution in [3.05, 3.63) is 59.7 Å². The quantitative estimate of drug-likeness (QED) is 0.469. The molecule has 1 atom stereocenters. The minimum Gasteiger partial charge on any atom is -0.454 e. The SMILES string of the molecule is CN=C(NCc1ccc2c(c1)OCO2)NCC1(NC(C)c2ccccc2)CCOCC1. The standard InChI is InChI=1S/C24H32N4O3/c1-18(20-6-4-3-5-7-20)28-24(10-12-29-13-11-24)16-27-23(25-2)26-15-19-8-9-21-22(14-19)31-17-30-21/h3-9,14,18,28H,10-13,15-17H2,1-2H3,(H2,25,26,27). The highest BCUT2D eigenvalue weighted by molar-refractivity contribution is 5.79. The lowest BCUT2D eigenvalue weighted by molar-refractivity contribution is 0.0355. The second-order valence-corrected chi connectivity index (χ2v) is 8.14. The first-order chi connectivity index (χ1) is 15.2. The summed E-state index contributed by atoms with van der Waals surface area (Å²) >= 11 is 0. The fraction of sp³-hybridized carbons (Fsp3) is 0.458. The van der Waals surface area contributed by atoms with Crippen LogP contribution in [0.25, 0.3) is 0 Å². The number of benzene rings is 2. The first-order valence-corrected chi connectivity index (χ1v) is 10.9. The Hall–Kier alpha value is -2.77. The van der Waals surface area contributed by atoms with Crippen molar-refractivity contribution in [3.63, 3.8) is 0 Å². The maximum Gasteiger partial charge on any atom is 0.231 e. The maximum atomic E-state index is 5.65. The van der Waals surface area contributed by atoms with E-state index in [0.29, 0.717) is 6.54 Å². The molecule has 0 amide bonds. The molecule has 0 aliphatic carbocycles. The Bertz CT molecular complexity index is 882. The Morgan fingerprint density at radius 3 is 2.58 bits per heavy atom. The number of fused-ring (bicyclic) bond motifs is 1. The van der Waals surface area contributed by atoms with Gasteiger partial charge in [0.1, 0.15) is 0 Å². The summed E-state index contributed by atoms with van der Waals surface area (Å²) in [7, 11) is 1.80. The third-order valence-electron chi connectivity index (χ3n) is 5.99. The minimum atomic E-state index is -0.0517. The fourth-order valence-electron chi connectivity index (χ4n) is 4.13. The molecule has 3 N–H and O–H groups in total. The van der Waals surface area contributed by atoms with Gasteiger partial charge < -0.3 is 30.2 Å². The molecule has 31 heavy (non-hydrogen) atoms. The predicted octanol–water partition coefficient (Wildman–Crippen LogP) is 2.98. The van der Waals surface area contributed by atoms with E-state index in [0.717, 1.165) is 55.6 Å². The normalized spacial score (nSPS) is 18.5. The number of aliphatic imine (C=N–C) groups is 1. The molecule has 0 spiro atoms. The van der Waals surface area contributed by atoms with Gasteiger partial charge in [0.05, 0.1) is 0 Å². The van der Waals surface area contributed by atoms with Crippen LogP contribution in [0.2, 0.25) is 0 Å². The largest absolute Gasteiger partial charge is 0.454 e. The van der Waals surface area contributed by atoms with Gasteiger partial charge in [0.25, 0.3) is 0 Å². The van der Waals surface area contributed by atoms with Crippen LogP contribution in [0.3, 0.4) is 0 Å². The van der Waals surface area contributed by atoms with Crippen molar-refractivity contribution in [2.45, 2.75) is 37.9 Å². The zero-order valence-corrected chi connectivity index (χ0v) is 18.3. The number of ether oxygens (including phenoxy) is 3. The van der Waals surface area contributed by atoms with E-state index >= 15 is 0 Å². The van der Waals surface area contributed by atoms with E-state index in [4.69, 9.17) is 14.2 Å². The van der Waals surface area contributed by atoms with E-state index in [2.05, 4.69) is 58.2 Å². The Labute approximate surface area is 184 Å². The van der Waals surface area contributed by atoms with Crippen molar-refractivity contribution in [2.75, 3.05) is 33.6 Å². The average Bonchev–Trinajstić information content (AvgIpc) is 3.28. The highest BCUT2D eigenvalue weighted by Crippen LogP contribution is 2.32. The van der Waals surface area contributed by atoms with Gasteiger partial charge in [-0.15, -0.1) is 0 Å². The summed E-state index contributed by atoms with van der Waals surface area (Å²) in [5.74, 6) is 2.37. The molecule has 7 heteroatoms. The number of hydrogen-bond acceptors (Lipinski definition) is 5. The van der Waals surface area contributed by atoms with Gasteiger partial charge in [-0.05, 0) is 43.0 Å². The second-order valence-electron chi connectivity index (χ2n) is 8.14. The lowest BCUT2D eigenvalue weighted by Crippen LogP contribution is -2.58. The van der Waals surface area contributed by atoms with Crippen LogP contribution in [0, 0.1) is 0 Å². The summed E-state index contributed by atoms with van der Waals surface area (Å²) in [6, 6.07) is 16.8. The van der Waals surface area contributed by atoms with Crippen LogP contribution in [-0.2, 0) is 11.3 Å². The van der Waals surface area contributed by atoms with Crippen LogP contribution >= 0.6 is 0 Å². The van der Waals surface area contributed by atoms with Gasteiger partial charge in [0.2, 0.25) is 6.79 Å². The van der Waals surface area contributed by atoms with Crippen LogP contribution < -0.4 is 25.4 Å². The van der Waals surface area contributed by atoms with Gasteiger partial charge in [-0.2, -0.15) is 0 Å². The molecular formula is C24H32N4O3. The summed E-state index contributed by atoms with van der Waals surface area (Å²) in [4.78, 5) is 4.41. The van der Waals surface area contributed by atoms with Crippen LogP contribution in [0.1, 0.15) is 36.9 Å². The van der Waals surface area contributed by atoms with Crippen molar-refractivity contribution in [1.29, 1.82) is 0 Å². The van der Waals surface area contributed by atoms with E-state index in [9.17, 15) is 0 Å². The van der Waals surface area contributed by atoms with Gasteiger partial charge in [-0.1, -0.05) is 36.4 Å². The molecule has 2 aliphatic rings. The lowest BCUT2D eigenvalue weighted by Gasteiger charge is -2.41. The molecule has 1 unspecified atom stereocenters. The van der Waals surface area contributed by atoms with Crippen molar-refractivity contribution in [3.8, 4) is 11.5 Å². The highest BCUT2D eigenvalue weighted by atomic mass is 16.7. The number of hydrogen-bond donors (Lipinski definition) is 3. The van der Waals surface area contributed by atoms with Crippen molar-refractivity contribution < 1.29 is 14.2 Å². The van der Waals surface area contributed by atoms with Crippen LogP contribution in [0.4, 0.5) is 0 Å². The average molecular weight is 425 g/mol. The molecule has 0 bridgehead atoms. The summed E-state index contributed by atoms with van der Waals surface area (Å²) in [6.07, 6.45) is 1.91. The Morgan fingerprint density at radius 1 is 1.03 bits per heavy atom. The number of rotatable bonds is 7. The lowest BCUT2D eigenvalue weighted by atomic mass is 9.88. The van der Waals surface area contributed by atoms with Gasteiger partial charge >= 0.3 is 0 Å². The van der Waals surface area contributed by atoms with Crippen LogP contribution in [-0.4, -0.2) is 45.1 Å². The second kappa shape index (κ2) is 10.0. The predicted molar refractivity (Wildman–Crippen MR) is 122 cm³/mol. The van der Waals surface area contributed by atoms with Crippen molar-refractivity contribution >= 4 is 5.96 Å². The molecule has 2 heterocycles. The summed E-state index contributed by atoms with van der Waals surface area (Å²) < 4.78 is 16.5. The Morgan fingerprint density at radius 2 is 1.81 bits per heavy atom. The van der Waals surface area contributed by atoms with E-state index in [-0.39, 0.29) is 18.4 Å². The minimum absolute atomic E-state index is 0.0517. The van der Waals surface area contributed by atoms with Gasteiger partial charge in [-0.25, -0.2) is 0 Å².